The van der Waals surface area contributed by atoms with Gasteiger partial charge in [0, 0.05) is 25.0 Å². The zero-order chi connectivity index (χ0) is 8.97. The van der Waals surface area contributed by atoms with Crippen molar-refractivity contribution in [3.63, 3.8) is 0 Å². The molecule has 4 heteroatoms. The van der Waals surface area contributed by atoms with Crippen molar-refractivity contribution in [3.05, 3.63) is 28.9 Å². The molecule has 1 aromatic rings. The molecule has 0 aromatic carbocycles. The predicted molar refractivity (Wildman–Crippen MR) is 46.9 cm³/mol. The lowest BCUT2D eigenvalue weighted by atomic mass is 10.2. The van der Waals surface area contributed by atoms with Gasteiger partial charge in [-0.15, -0.1) is 0 Å². The highest BCUT2D eigenvalue weighted by Crippen LogP contribution is 2.03. The summed E-state index contributed by atoms with van der Waals surface area (Å²) in [5, 5.41) is 0. The molecule has 0 aliphatic carbocycles. The van der Waals surface area contributed by atoms with Crippen molar-refractivity contribution in [1.29, 1.82) is 0 Å². The lowest BCUT2D eigenvalue weighted by Crippen LogP contribution is -2.28. The van der Waals surface area contributed by atoms with Crippen LogP contribution in [0, 0.1) is 0 Å². The second-order valence-corrected chi connectivity index (χ2v) is 2.62. The Morgan fingerprint density at radius 2 is 2.50 bits per heavy atom. The first kappa shape index (κ1) is 8.93. The fourth-order valence-corrected chi connectivity index (χ4v) is 1.14. The summed E-state index contributed by atoms with van der Waals surface area (Å²) in [6.07, 6.45) is 5.43. The SMILES string of the molecule is CCC(CN)n1ccncc1=O. The highest BCUT2D eigenvalue weighted by Gasteiger charge is 2.06. The molecule has 1 aromatic heterocycles. The maximum absolute atomic E-state index is 11.2. The molecular weight excluding hydrogens is 154 g/mol. The van der Waals surface area contributed by atoms with E-state index in [0.29, 0.717) is 6.54 Å². The fraction of sp³-hybridized carbons (Fsp3) is 0.500. The van der Waals surface area contributed by atoms with Crippen molar-refractivity contribution >= 4 is 0 Å². The number of hydrogen-bond acceptors (Lipinski definition) is 3. The Morgan fingerprint density at radius 3 is 3.00 bits per heavy atom. The quantitative estimate of drug-likeness (QED) is 0.697. The third-order valence-corrected chi connectivity index (χ3v) is 1.89. The maximum Gasteiger partial charge on any atom is 0.269 e. The molecule has 66 valence electrons. The highest BCUT2D eigenvalue weighted by molar-refractivity contribution is 4.84. The second-order valence-electron chi connectivity index (χ2n) is 2.62. The Bertz CT molecular complexity index is 290. The second kappa shape index (κ2) is 4.01. The number of nitrogens with two attached hydrogens (primary N) is 1. The van der Waals surface area contributed by atoms with Gasteiger partial charge < -0.3 is 10.3 Å². The molecule has 0 saturated carbocycles. The van der Waals surface area contributed by atoms with Gasteiger partial charge in [-0.05, 0) is 6.42 Å². The molecular formula is C8H13N3O. The van der Waals surface area contributed by atoms with Crippen molar-refractivity contribution in [3.8, 4) is 0 Å². The molecule has 1 unspecified atom stereocenters. The molecule has 0 bridgehead atoms. The molecule has 1 atom stereocenters. The van der Waals surface area contributed by atoms with E-state index in [0.717, 1.165) is 6.42 Å². The van der Waals surface area contributed by atoms with E-state index in [1.54, 1.807) is 17.0 Å². The molecule has 12 heavy (non-hydrogen) atoms. The minimum absolute atomic E-state index is 0.0881. The highest BCUT2D eigenvalue weighted by atomic mass is 16.1. The molecule has 0 saturated heterocycles. The molecule has 2 N–H and O–H groups in total. The first-order valence-corrected chi connectivity index (χ1v) is 4.01. The van der Waals surface area contributed by atoms with E-state index >= 15 is 0 Å². The van der Waals surface area contributed by atoms with E-state index in [9.17, 15) is 4.79 Å². The molecule has 0 aliphatic rings. The average molecular weight is 167 g/mol. The Balaban J connectivity index is 3.00. The van der Waals surface area contributed by atoms with Crippen LogP contribution in [0.25, 0.3) is 0 Å². The van der Waals surface area contributed by atoms with Gasteiger partial charge in [-0.1, -0.05) is 6.92 Å². The largest absolute Gasteiger partial charge is 0.328 e. The minimum Gasteiger partial charge on any atom is -0.328 e. The monoisotopic (exact) mass is 167 g/mol. The lowest BCUT2D eigenvalue weighted by molar-refractivity contribution is 0.479. The maximum atomic E-state index is 11.2. The zero-order valence-electron chi connectivity index (χ0n) is 7.10. The molecule has 0 amide bonds. The van der Waals surface area contributed by atoms with Crippen LogP contribution in [0.1, 0.15) is 19.4 Å². The van der Waals surface area contributed by atoms with E-state index in [-0.39, 0.29) is 11.6 Å². The van der Waals surface area contributed by atoms with Crippen LogP contribution in [0.5, 0.6) is 0 Å². The van der Waals surface area contributed by atoms with Gasteiger partial charge in [0.15, 0.2) is 0 Å². The summed E-state index contributed by atoms with van der Waals surface area (Å²) >= 11 is 0. The van der Waals surface area contributed by atoms with Crippen LogP contribution in [0.15, 0.2) is 23.4 Å². The Morgan fingerprint density at radius 1 is 1.75 bits per heavy atom. The number of aromatic nitrogens is 2. The van der Waals surface area contributed by atoms with E-state index in [1.165, 1.54) is 6.20 Å². The first-order chi connectivity index (χ1) is 5.79. The Kier molecular flexibility index (Phi) is 2.99. The summed E-state index contributed by atoms with van der Waals surface area (Å²) in [7, 11) is 0. The van der Waals surface area contributed by atoms with Crippen LogP contribution in [-0.4, -0.2) is 16.1 Å². The summed E-state index contributed by atoms with van der Waals surface area (Å²) in [6, 6.07) is 0.0977. The molecule has 0 aliphatic heterocycles. The van der Waals surface area contributed by atoms with Crippen LogP contribution in [0.3, 0.4) is 0 Å². The van der Waals surface area contributed by atoms with Gasteiger partial charge >= 0.3 is 0 Å². The van der Waals surface area contributed by atoms with Crippen molar-refractivity contribution < 1.29 is 0 Å². The smallest absolute Gasteiger partial charge is 0.269 e. The van der Waals surface area contributed by atoms with Gasteiger partial charge in [0.05, 0.1) is 6.20 Å². The zero-order valence-corrected chi connectivity index (χ0v) is 7.10. The van der Waals surface area contributed by atoms with E-state index in [4.69, 9.17) is 5.73 Å². The standard InChI is InChI=1S/C8H13N3O/c1-2-7(5-9)11-4-3-10-6-8(11)12/h3-4,6-7H,2,5,9H2,1H3. The van der Waals surface area contributed by atoms with Crippen LogP contribution in [0.2, 0.25) is 0 Å². The predicted octanol–water partition coefficient (Wildman–Crippen LogP) is 0.153. The van der Waals surface area contributed by atoms with Gasteiger partial charge in [-0.25, -0.2) is 0 Å². The van der Waals surface area contributed by atoms with Crippen LogP contribution in [0.4, 0.5) is 0 Å². The summed E-state index contributed by atoms with van der Waals surface area (Å²) in [6.45, 7) is 2.49. The fourth-order valence-electron chi connectivity index (χ4n) is 1.14. The van der Waals surface area contributed by atoms with Crippen molar-refractivity contribution in [2.75, 3.05) is 6.54 Å². The molecule has 0 radical (unpaired) electrons. The molecule has 0 fully saturated rings. The van der Waals surface area contributed by atoms with Gasteiger partial charge in [0.2, 0.25) is 0 Å². The normalized spacial score (nSPS) is 12.8. The van der Waals surface area contributed by atoms with E-state index in [1.807, 2.05) is 6.92 Å². The summed E-state index contributed by atoms with van der Waals surface area (Å²) in [4.78, 5) is 14.9. The van der Waals surface area contributed by atoms with Gasteiger partial charge in [0.25, 0.3) is 5.56 Å². The third-order valence-electron chi connectivity index (χ3n) is 1.89. The molecule has 0 spiro atoms. The lowest BCUT2D eigenvalue weighted by Gasteiger charge is -2.14. The summed E-state index contributed by atoms with van der Waals surface area (Å²) < 4.78 is 1.62. The van der Waals surface area contributed by atoms with Crippen LogP contribution < -0.4 is 11.3 Å². The van der Waals surface area contributed by atoms with Crippen LogP contribution in [-0.2, 0) is 0 Å². The van der Waals surface area contributed by atoms with Crippen molar-refractivity contribution in [2.45, 2.75) is 19.4 Å². The van der Waals surface area contributed by atoms with E-state index in [2.05, 4.69) is 4.98 Å². The van der Waals surface area contributed by atoms with Crippen molar-refractivity contribution in [1.82, 2.24) is 9.55 Å². The summed E-state index contributed by atoms with van der Waals surface area (Å²) in [5.41, 5.74) is 5.42. The summed E-state index contributed by atoms with van der Waals surface area (Å²) in [5.74, 6) is 0. The van der Waals surface area contributed by atoms with E-state index < -0.39 is 0 Å². The first-order valence-electron chi connectivity index (χ1n) is 4.01. The van der Waals surface area contributed by atoms with Crippen LogP contribution >= 0.6 is 0 Å². The Labute approximate surface area is 71.0 Å². The molecule has 1 rings (SSSR count). The molecule has 1 heterocycles. The minimum atomic E-state index is -0.0881. The van der Waals surface area contributed by atoms with Gasteiger partial charge in [0.1, 0.15) is 0 Å². The number of hydrogen-bond donors (Lipinski definition) is 1. The van der Waals surface area contributed by atoms with Gasteiger partial charge in [-0.3, -0.25) is 9.78 Å². The van der Waals surface area contributed by atoms with Crippen molar-refractivity contribution in [2.24, 2.45) is 5.73 Å². The Hall–Kier alpha value is -1.16. The number of rotatable bonds is 3. The third kappa shape index (κ3) is 1.71. The average Bonchev–Trinajstić information content (AvgIpc) is 2.10. The van der Waals surface area contributed by atoms with Gasteiger partial charge in [-0.2, -0.15) is 0 Å². The molecule has 4 nitrogen and oxygen atoms in total. The number of nitrogens with zero attached hydrogens (tertiary/aromatic N) is 2. The topological polar surface area (TPSA) is 60.9 Å².